The molecule has 1 saturated heterocycles. The van der Waals surface area contributed by atoms with Crippen molar-refractivity contribution in [3.63, 3.8) is 0 Å². The van der Waals surface area contributed by atoms with Crippen LogP contribution in [0.1, 0.15) is 20.8 Å². The lowest BCUT2D eigenvalue weighted by atomic mass is 9.97. The molecule has 0 amide bonds. The molecule has 0 bridgehead atoms. The maximum absolute atomic E-state index is 13.8. The Balaban J connectivity index is 2.58. The average molecular weight is 407 g/mol. The van der Waals surface area contributed by atoms with Crippen LogP contribution >= 0.6 is 7.75 Å². The molecule has 10 heteroatoms. The molecule has 1 fully saturated rings. The van der Waals surface area contributed by atoms with Gasteiger partial charge in [0.25, 0.3) is 0 Å². The maximum atomic E-state index is 13.8. The molecule has 0 atom stereocenters. The fourth-order valence-corrected chi connectivity index (χ4v) is 4.43. The number of halogens is 3. The summed E-state index contributed by atoms with van der Waals surface area (Å²) in [6.45, 7) is 4.75. The van der Waals surface area contributed by atoms with Crippen LogP contribution in [0, 0.1) is 5.41 Å². The molecule has 0 aliphatic carbocycles. The molecular formula is C17H21F3NO5P. The Morgan fingerprint density at radius 3 is 2.30 bits per heavy atom. The molecule has 1 aromatic rings. The van der Waals surface area contributed by atoms with Gasteiger partial charge in [0.05, 0.1) is 31.6 Å². The number of carbonyl (C=O) groups excluding carboxylic acids is 1. The van der Waals surface area contributed by atoms with Crippen molar-refractivity contribution in [3.8, 4) is 0 Å². The molecule has 6 nitrogen and oxygen atoms in total. The highest BCUT2D eigenvalue weighted by Crippen LogP contribution is 2.61. The minimum absolute atomic E-state index is 0.0713. The van der Waals surface area contributed by atoms with Crippen molar-refractivity contribution in [1.29, 1.82) is 0 Å². The smallest absolute Gasteiger partial charge is 0.439 e. The summed E-state index contributed by atoms with van der Waals surface area (Å²) in [6, 6.07) is 7.17. The molecule has 0 unspecified atom stereocenters. The Hall–Kier alpha value is -1.83. The van der Waals surface area contributed by atoms with Crippen LogP contribution in [-0.4, -0.2) is 32.0 Å². The third-order valence-corrected chi connectivity index (χ3v) is 5.39. The summed E-state index contributed by atoms with van der Waals surface area (Å²) in [5, 5.41) is 0. The zero-order valence-electron chi connectivity index (χ0n) is 15.2. The Kier molecular flexibility index (Phi) is 6.39. The molecule has 27 heavy (non-hydrogen) atoms. The van der Waals surface area contributed by atoms with Gasteiger partial charge in [-0.05, 0) is 19.1 Å². The maximum Gasteiger partial charge on any atom is 0.439 e. The van der Waals surface area contributed by atoms with Crippen molar-refractivity contribution in [3.05, 3.63) is 42.1 Å². The summed E-state index contributed by atoms with van der Waals surface area (Å²) >= 11 is 0. The summed E-state index contributed by atoms with van der Waals surface area (Å²) in [7, 11) is -4.42. The van der Waals surface area contributed by atoms with Crippen LogP contribution in [0.15, 0.2) is 42.1 Å². The van der Waals surface area contributed by atoms with Crippen LogP contribution in [0.5, 0.6) is 0 Å². The summed E-state index contributed by atoms with van der Waals surface area (Å²) < 4.78 is 70.1. The minimum Gasteiger partial charge on any atom is -0.463 e. The predicted molar refractivity (Wildman–Crippen MR) is 93.0 cm³/mol. The number of anilines is 1. The van der Waals surface area contributed by atoms with Crippen molar-refractivity contribution < 1.29 is 36.3 Å². The van der Waals surface area contributed by atoms with Gasteiger partial charge in [-0.15, -0.1) is 0 Å². The number of hydrogen-bond donors (Lipinski definition) is 0. The lowest BCUT2D eigenvalue weighted by Gasteiger charge is -2.40. The molecule has 0 saturated carbocycles. The molecular weight excluding hydrogens is 386 g/mol. The zero-order valence-corrected chi connectivity index (χ0v) is 16.0. The standard InChI is InChI=1S/C17H21F3NO5P/c1-4-24-15(22)10-14(17(18,19)20)21(13-8-6-5-7-9-13)27(23)25-11-16(2,3)12-26-27/h5-10H,4,11-12H2,1-3H3/b14-10+. The third kappa shape index (κ3) is 5.34. The van der Waals surface area contributed by atoms with Gasteiger partial charge in [0.15, 0.2) is 0 Å². The number of ether oxygens (including phenoxy) is 1. The van der Waals surface area contributed by atoms with Crippen molar-refractivity contribution in [2.75, 3.05) is 24.5 Å². The molecule has 1 aromatic carbocycles. The van der Waals surface area contributed by atoms with E-state index in [1.54, 1.807) is 19.9 Å². The van der Waals surface area contributed by atoms with Crippen LogP contribution in [0.3, 0.4) is 0 Å². The fraction of sp³-hybridized carbons (Fsp3) is 0.471. The Morgan fingerprint density at radius 1 is 1.26 bits per heavy atom. The van der Waals surface area contributed by atoms with Crippen molar-refractivity contribution >= 4 is 19.4 Å². The number of benzene rings is 1. The van der Waals surface area contributed by atoms with E-state index in [0.717, 1.165) is 0 Å². The molecule has 150 valence electrons. The molecule has 0 radical (unpaired) electrons. The van der Waals surface area contributed by atoms with Crippen molar-refractivity contribution in [2.45, 2.75) is 26.9 Å². The normalized spacial score (nSPS) is 19.4. The van der Waals surface area contributed by atoms with Crippen LogP contribution in [0.4, 0.5) is 18.9 Å². The largest absolute Gasteiger partial charge is 0.463 e. The van der Waals surface area contributed by atoms with Gasteiger partial charge in [0.2, 0.25) is 0 Å². The molecule has 1 heterocycles. The number of hydrogen-bond acceptors (Lipinski definition) is 5. The topological polar surface area (TPSA) is 65.1 Å². The highest BCUT2D eigenvalue weighted by Gasteiger charge is 2.50. The second-order valence-corrected chi connectivity index (χ2v) is 8.46. The number of carbonyl (C=O) groups is 1. The number of para-hydroxylation sites is 1. The Labute approximate surface area is 155 Å². The number of esters is 1. The van der Waals surface area contributed by atoms with E-state index in [-0.39, 0.29) is 31.6 Å². The Bertz CT molecular complexity index is 735. The van der Waals surface area contributed by atoms with E-state index in [9.17, 15) is 22.5 Å². The van der Waals surface area contributed by atoms with E-state index >= 15 is 0 Å². The molecule has 2 rings (SSSR count). The summed E-state index contributed by atoms with van der Waals surface area (Å²) in [4.78, 5) is 11.7. The monoisotopic (exact) mass is 407 g/mol. The highest BCUT2D eigenvalue weighted by molar-refractivity contribution is 7.56. The van der Waals surface area contributed by atoms with Gasteiger partial charge in [0, 0.05) is 5.41 Å². The van der Waals surface area contributed by atoms with Gasteiger partial charge < -0.3 is 4.74 Å². The van der Waals surface area contributed by atoms with Gasteiger partial charge in [-0.2, -0.15) is 13.2 Å². The molecule has 0 N–H and O–H groups in total. The van der Waals surface area contributed by atoms with Crippen LogP contribution in [0.2, 0.25) is 0 Å². The second kappa shape index (κ2) is 8.04. The van der Waals surface area contributed by atoms with Gasteiger partial charge >= 0.3 is 19.9 Å². The van der Waals surface area contributed by atoms with Gasteiger partial charge in [-0.25, -0.2) is 14.0 Å². The van der Waals surface area contributed by atoms with Crippen LogP contribution < -0.4 is 4.67 Å². The molecule has 0 aromatic heterocycles. The summed E-state index contributed by atoms with van der Waals surface area (Å²) in [5.41, 5.74) is -2.09. The first-order valence-corrected chi connectivity index (χ1v) is 9.68. The van der Waals surface area contributed by atoms with Crippen molar-refractivity contribution in [1.82, 2.24) is 0 Å². The van der Waals surface area contributed by atoms with E-state index in [0.29, 0.717) is 4.67 Å². The lowest BCUT2D eigenvalue weighted by Crippen LogP contribution is -2.37. The first-order chi connectivity index (χ1) is 12.5. The Morgan fingerprint density at radius 2 is 1.81 bits per heavy atom. The second-order valence-electron chi connectivity index (χ2n) is 6.61. The van der Waals surface area contributed by atoms with Crippen molar-refractivity contribution in [2.24, 2.45) is 5.41 Å². The molecule has 0 spiro atoms. The first-order valence-electron chi connectivity index (χ1n) is 8.19. The zero-order chi connectivity index (χ0) is 20.3. The third-order valence-electron chi connectivity index (χ3n) is 3.54. The first kappa shape index (κ1) is 21.5. The van der Waals surface area contributed by atoms with E-state index in [4.69, 9.17) is 9.05 Å². The predicted octanol–water partition coefficient (Wildman–Crippen LogP) is 4.68. The SMILES string of the molecule is CCOC(=O)/C=C(/N(c1ccccc1)P1(=O)OCC(C)(C)CO1)C(F)(F)F. The summed E-state index contributed by atoms with van der Waals surface area (Å²) in [6.07, 6.45) is -4.76. The molecule has 1 aliphatic heterocycles. The van der Waals surface area contributed by atoms with Gasteiger partial charge in [-0.1, -0.05) is 32.0 Å². The number of rotatable bonds is 5. The number of alkyl halides is 3. The van der Waals surface area contributed by atoms with Crippen LogP contribution in [0.25, 0.3) is 0 Å². The molecule has 1 aliphatic rings. The quantitative estimate of drug-likeness (QED) is 0.401. The van der Waals surface area contributed by atoms with Gasteiger partial charge in [0.1, 0.15) is 5.70 Å². The van der Waals surface area contributed by atoms with E-state index in [2.05, 4.69) is 4.74 Å². The number of allylic oxidation sites excluding steroid dienone is 1. The lowest BCUT2D eigenvalue weighted by molar-refractivity contribution is -0.138. The van der Waals surface area contributed by atoms with E-state index in [1.807, 2.05) is 0 Å². The highest BCUT2D eigenvalue weighted by atomic mass is 31.2. The van der Waals surface area contributed by atoms with E-state index < -0.39 is 31.0 Å². The van der Waals surface area contributed by atoms with Crippen LogP contribution in [-0.2, 0) is 23.1 Å². The van der Waals surface area contributed by atoms with E-state index in [1.165, 1.54) is 31.2 Å². The van der Waals surface area contributed by atoms with Gasteiger partial charge in [-0.3, -0.25) is 9.05 Å². The minimum atomic E-state index is -5.01. The summed E-state index contributed by atoms with van der Waals surface area (Å²) in [5.74, 6) is -1.21. The average Bonchev–Trinajstić information content (AvgIpc) is 2.58. The fourth-order valence-electron chi connectivity index (χ4n) is 2.25. The number of nitrogens with zero attached hydrogens (tertiary/aromatic N) is 1.